The minimum absolute atomic E-state index is 0.0208. The highest BCUT2D eigenvalue weighted by Crippen LogP contribution is 2.27. The summed E-state index contributed by atoms with van der Waals surface area (Å²) in [7, 11) is -2.65. The highest BCUT2D eigenvalue weighted by atomic mass is 35.5. The van der Waals surface area contributed by atoms with Gasteiger partial charge in [0.15, 0.2) is 0 Å². The Morgan fingerprint density at radius 3 is 2.16 bits per heavy atom. The van der Waals surface area contributed by atoms with Crippen LogP contribution in [0.15, 0.2) is 114 Å². The maximum Gasteiger partial charge on any atom is 0.264 e. The molecule has 0 aliphatic carbocycles. The predicted octanol–water partition coefficient (Wildman–Crippen LogP) is 6.10. The largest absolute Gasteiger partial charge is 0.497 e. The summed E-state index contributed by atoms with van der Waals surface area (Å²) in [6, 6.07) is 29.8. The Bertz CT molecular complexity index is 1690. The number of methoxy groups -OCH3 is 1. The molecule has 0 unspecified atom stereocenters. The molecule has 0 aliphatic rings. The van der Waals surface area contributed by atoms with Crippen molar-refractivity contribution in [2.45, 2.75) is 50.2 Å². The van der Waals surface area contributed by atoms with Crippen LogP contribution in [0.1, 0.15) is 31.4 Å². The molecule has 0 bridgehead atoms. The van der Waals surface area contributed by atoms with E-state index in [1.165, 1.54) is 23.1 Å². The van der Waals surface area contributed by atoms with Crippen LogP contribution in [0.4, 0.5) is 5.69 Å². The summed E-state index contributed by atoms with van der Waals surface area (Å²) >= 11 is 6.28. The van der Waals surface area contributed by atoms with Crippen molar-refractivity contribution in [2.75, 3.05) is 18.0 Å². The molecule has 0 heterocycles. The minimum atomic E-state index is -4.20. The van der Waals surface area contributed by atoms with Crippen LogP contribution in [0.5, 0.6) is 5.75 Å². The molecule has 236 valence electrons. The number of benzene rings is 4. The molecule has 2 amide bonds. The highest BCUT2D eigenvalue weighted by Gasteiger charge is 2.35. The molecule has 1 N–H and O–H groups in total. The van der Waals surface area contributed by atoms with Gasteiger partial charge in [-0.1, -0.05) is 85.3 Å². The van der Waals surface area contributed by atoms with Gasteiger partial charge in [0.05, 0.1) is 17.7 Å². The van der Waals surface area contributed by atoms with Gasteiger partial charge in [-0.05, 0) is 66.9 Å². The molecule has 0 saturated carbocycles. The van der Waals surface area contributed by atoms with Crippen molar-refractivity contribution < 1.29 is 22.7 Å². The molecule has 0 radical (unpaired) electrons. The number of hydrogen-bond donors (Lipinski definition) is 1. The number of nitrogens with zero attached hydrogens (tertiary/aromatic N) is 2. The van der Waals surface area contributed by atoms with Gasteiger partial charge >= 0.3 is 0 Å². The Kier molecular flexibility index (Phi) is 11.6. The maximum atomic E-state index is 14.5. The van der Waals surface area contributed by atoms with E-state index < -0.39 is 28.5 Å². The molecule has 2 atom stereocenters. The van der Waals surface area contributed by atoms with E-state index >= 15 is 0 Å². The summed E-state index contributed by atoms with van der Waals surface area (Å²) in [6.07, 6.45) is 0.924. The first-order valence-corrected chi connectivity index (χ1v) is 16.5. The number of carbonyl (C=O) groups excluding carboxylic acids is 2. The van der Waals surface area contributed by atoms with Gasteiger partial charge in [-0.15, -0.1) is 0 Å². The normalized spacial score (nSPS) is 12.5. The fourth-order valence-corrected chi connectivity index (χ4v) is 6.45. The highest BCUT2D eigenvalue weighted by molar-refractivity contribution is 7.92. The molecule has 45 heavy (non-hydrogen) atoms. The molecule has 10 heteroatoms. The van der Waals surface area contributed by atoms with Crippen LogP contribution >= 0.6 is 11.6 Å². The average Bonchev–Trinajstić information content (AvgIpc) is 3.05. The number of carbonyl (C=O) groups is 2. The Morgan fingerprint density at radius 2 is 1.51 bits per heavy atom. The Balaban J connectivity index is 1.81. The first kappa shape index (κ1) is 33.6. The summed E-state index contributed by atoms with van der Waals surface area (Å²) in [5.74, 6) is -0.294. The Morgan fingerprint density at radius 1 is 0.867 bits per heavy atom. The second-order valence-corrected chi connectivity index (χ2v) is 13.0. The molecule has 4 aromatic rings. The monoisotopic (exact) mass is 647 g/mol. The van der Waals surface area contributed by atoms with E-state index in [9.17, 15) is 18.0 Å². The topological polar surface area (TPSA) is 96.0 Å². The summed E-state index contributed by atoms with van der Waals surface area (Å²) in [5, 5.41) is 3.35. The lowest BCUT2D eigenvalue weighted by Gasteiger charge is -2.34. The van der Waals surface area contributed by atoms with Crippen LogP contribution in [0.2, 0.25) is 5.02 Å². The van der Waals surface area contributed by atoms with Crippen LogP contribution < -0.4 is 14.4 Å². The summed E-state index contributed by atoms with van der Waals surface area (Å²) in [4.78, 5) is 29.9. The zero-order valence-corrected chi connectivity index (χ0v) is 27.2. The van der Waals surface area contributed by atoms with E-state index in [4.69, 9.17) is 16.3 Å². The van der Waals surface area contributed by atoms with E-state index in [1.54, 1.807) is 61.7 Å². The Hall–Kier alpha value is -4.34. The minimum Gasteiger partial charge on any atom is -0.497 e. The fourth-order valence-electron chi connectivity index (χ4n) is 4.84. The van der Waals surface area contributed by atoms with Crippen LogP contribution in [0.3, 0.4) is 0 Å². The second-order valence-electron chi connectivity index (χ2n) is 10.7. The average molecular weight is 648 g/mol. The van der Waals surface area contributed by atoms with Crippen LogP contribution in [-0.4, -0.2) is 50.9 Å². The van der Waals surface area contributed by atoms with E-state index in [-0.39, 0.29) is 35.5 Å². The zero-order valence-electron chi connectivity index (χ0n) is 25.6. The fraction of sp³-hybridized carbons (Fsp3) is 0.257. The molecule has 8 nitrogen and oxygen atoms in total. The summed E-state index contributed by atoms with van der Waals surface area (Å²) in [6.45, 7) is 3.34. The lowest BCUT2D eigenvalue weighted by atomic mass is 10.0. The number of sulfonamides is 1. The summed E-state index contributed by atoms with van der Waals surface area (Å²) in [5.41, 5.74) is 1.80. The molecule has 0 fully saturated rings. The molecular formula is C35H38ClN3O5S. The van der Waals surface area contributed by atoms with Crippen molar-refractivity contribution in [3.63, 3.8) is 0 Å². The predicted molar refractivity (Wildman–Crippen MR) is 178 cm³/mol. The van der Waals surface area contributed by atoms with Crippen LogP contribution in [0.25, 0.3) is 0 Å². The van der Waals surface area contributed by atoms with Gasteiger partial charge in [-0.25, -0.2) is 8.42 Å². The third-order valence-corrected chi connectivity index (χ3v) is 9.49. The van der Waals surface area contributed by atoms with Gasteiger partial charge in [0.25, 0.3) is 10.0 Å². The van der Waals surface area contributed by atoms with E-state index in [1.807, 2.05) is 50.2 Å². The lowest BCUT2D eigenvalue weighted by Crippen LogP contribution is -2.54. The molecule has 4 rings (SSSR count). The maximum absolute atomic E-state index is 14.5. The first-order chi connectivity index (χ1) is 21.6. The molecule has 0 saturated heterocycles. The molecule has 0 aliphatic heterocycles. The zero-order chi connectivity index (χ0) is 32.4. The Labute approximate surface area is 270 Å². The SMILES string of the molecule is CC[C@H](C)NC(=O)[C@H](Cc1ccccc1)N(Cc1cccc(OC)c1)C(=O)CN(c1cccc(Cl)c1)S(=O)(=O)c1ccccc1. The number of amides is 2. The molecule has 0 spiro atoms. The van der Waals surface area contributed by atoms with Crippen molar-refractivity contribution in [1.82, 2.24) is 10.2 Å². The van der Waals surface area contributed by atoms with Gasteiger partial charge in [0, 0.05) is 24.0 Å². The number of nitrogens with one attached hydrogen (secondary N) is 1. The van der Waals surface area contributed by atoms with Crippen molar-refractivity contribution in [3.05, 3.63) is 125 Å². The van der Waals surface area contributed by atoms with Crippen molar-refractivity contribution in [2.24, 2.45) is 0 Å². The van der Waals surface area contributed by atoms with Crippen molar-refractivity contribution in [3.8, 4) is 5.75 Å². The summed E-state index contributed by atoms with van der Waals surface area (Å²) < 4.78 is 34.5. The van der Waals surface area contributed by atoms with Gasteiger partial charge in [-0.2, -0.15) is 0 Å². The smallest absolute Gasteiger partial charge is 0.264 e. The second kappa shape index (κ2) is 15.6. The number of hydrogen-bond acceptors (Lipinski definition) is 5. The van der Waals surface area contributed by atoms with E-state index in [0.717, 1.165) is 15.4 Å². The standard InChI is InChI=1S/C35H38ClN3O5S/c1-4-26(2)37-35(41)33(22-27-13-7-5-8-14-27)38(24-28-15-11-18-31(21-28)44-3)34(40)25-39(30-17-12-16-29(36)23-30)45(42,43)32-19-9-6-10-20-32/h5-21,23,26,33H,4,22,24-25H2,1-3H3,(H,37,41)/t26-,33-/m0/s1. The third-order valence-electron chi connectivity index (χ3n) is 7.47. The first-order valence-electron chi connectivity index (χ1n) is 14.7. The van der Waals surface area contributed by atoms with Crippen molar-refractivity contribution >= 4 is 39.1 Å². The number of anilines is 1. The van der Waals surface area contributed by atoms with Crippen molar-refractivity contribution in [1.29, 1.82) is 0 Å². The van der Waals surface area contributed by atoms with E-state index in [2.05, 4.69) is 5.32 Å². The number of ether oxygens (including phenoxy) is 1. The van der Waals surface area contributed by atoms with Gasteiger partial charge in [-0.3, -0.25) is 13.9 Å². The molecule has 4 aromatic carbocycles. The van der Waals surface area contributed by atoms with Crippen LogP contribution in [-0.2, 0) is 32.6 Å². The number of halogens is 1. The van der Waals surface area contributed by atoms with Gasteiger partial charge < -0.3 is 15.0 Å². The quantitative estimate of drug-likeness (QED) is 0.179. The van der Waals surface area contributed by atoms with Gasteiger partial charge in [0.2, 0.25) is 11.8 Å². The van der Waals surface area contributed by atoms with E-state index in [0.29, 0.717) is 17.2 Å². The molecular weight excluding hydrogens is 610 g/mol. The van der Waals surface area contributed by atoms with Gasteiger partial charge in [0.1, 0.15) is 18.3 Å². The van der Waals surface area contributed by atoms with Crippen LogP contribution in [0, 0.1) is 0 Å². The molecule has 0 aromatic heterocycles. The lowest BCUT2D eigenvalue weighted by molar-refractivity contribution is -0.140. The number of rotatable bonds is 14. The third kappa shape index (κ3) is 8.86.